The lowest BCUT2D eigenvalue weighted by Gasteiger charge is -1.99. The molecular weight excluding hydrogens is 259 g/mol. The molecule has 0 atom stereocenters. The van der Waals surface area contributed by atoms with Gasteiger partial charge in [0.2, 0.25) is 5.91 Å². The zero-order chi connectivity index (χ0) is 14.1. The quantitative estimate of drug-likeness (QED) is 0.765. The van der Waals surface area contributed by atoms with E-state index in [1.165, 1.54) is 12.1 Å². The number of halogens is 1. The van der Waals surface area contributed by atoms with Crippen LogP contribution in [0.15, 0.2) is 36.8 Å². The van der Waals surface area contributed by atoms with Gasteiger partial charge >= 0.3 is 0 Å². The van der Waals surface area contributed by atoms with Crippen molar-refractivity contribution in [2.45, 2.75) is 6.54 Å². The van der Waals surface area contributed by atoms with E-state index in [0.717, 1.165) is 22.0 Å². The summed E-state index contributed by atoms with van der Waals surface area (Å²) in [5, 5.41) is 7.62. The summed E-state index contributed by atoms with van der Waals surface area (Å²) < 4.78 is 14.7. The number of fused-ring (bicyclic) bond motifs is 1. The third kappa shape index (κ3) is 2.16. The van der Waals surface area contributed by atoms with Gasteiger partial charge in [-0.25, -0.2) is 4.39 Å². The van der Waals surface area contributed by atoms with E-state index in [0.29, 0.717) is 0 Å². The molecule has 0 aliphatic carbocycles. The lowest BCUT2D eigenvalue weighted by Crippen LogP contribution is -2.23. The van der Waals surface area contributed by atoms with Crippen molar-refractivity contribution in [3.63, 3.8) is 0 Å². The summed E-state index contributed by atoms with van der Waals surface area (Å²) >= 11 is 0. The molecule has 6 heteroatoms. The number of nitrogens with zero attached hydrogens (tertiary/aromatic N) is 2. The van der Waals surface area contributed by atoms with Crippen molar-refractivity contribution in [2.24, 2.45) is 0 Å². The molecule has 20 heavy (non-hydrogen) atoms. The van der Waals surface area contributed by atoms with E-state index < -0.39 is 0 Å². The first kappa shape index (κ1) is 12.4. The number of aromatic nitrogens is 3. The Hall–Kier alpha value is -2.63. The molecular formula is C14H13FN4O. The van der Waals surface area contributed by atoms with Gasteiger partial charge in [-0.05, 0) is 18.2 Å². The van der Waals surface area contributed by atoms with Crippen LogP contribution >= 0.6 is 0 Å². The summed E-state index contributed by atoms with van der Waals surface area (Å²) in [5.41, 5.74) is 2.55. The van der Waals surface area contributed by atoms with Crippen LogP contribution in [0.1, 0.15) is 0 Å². The molecule has 2 aromatic heterocycles. The van der Waals surface area contributed by atoms with E-state index in [1.54, 1.807) is 30.2 Å². The zero-order valence-electron chi connectivity index (χ0n) is 10.9. The van der Waals surface area contributed by atoms with E-state index >= 15 is 0 Å². The van der Waals surface area contributed by atoms with Crippen LogP contribution in [-0.4, -0.2) is 27.7 Å². The Balaban J connectivity index is 1.97. The standard InChI is InChI=1S/C14H13FN4O/c1-16-14(20)8-19-7-9(5-18-19)12-6-17-13-4-10(15)2-3-11(12)13/h2-7,17H,8H2,1H3,(H,16,20). The van der Waals surface area contributed by atoms with Gasteiger partial charge in [0.05, 0.1) is 6.20 Å². The number of benzene rings is 1. The summed E-state index contributed by atoms with van der Waals surface area (Å²) in [6.45, 7) is 0.174. The highest BCUT2D eigenvalue weighted by Crippen LogP contribution is 2.28. The number of aromatic amines is 1. The van der Waals surface area contributed by atoms with E-state index in [2.05, 4.69) is 15.4 Å². The van der Waals surface area contributed by atoms with Gasteiger partial charge < -0.3 is 10.3 Å². The first-order valence-electron chi connectivity index (χ1n) is 6.17. The lowest BCUT2D eigenvalue weighted by molar-refractivity contribution is -0.121. The van der Waals surface area contributed by atoms with Crippen molar-refractivity contribution >= 4 is 16.8 Å². The maximum absolute atomic E-state index is 13.2. The minimum Gasteiger partial charge on any atom is -0.360 e. The molecule has 1 aromatic carbocycles. The van der Waals surface area contributed by atoms with Crippen LogP contribution in [0.3, 0.4) is 0 Å². The fourth-order valence-corrected chi connectivity index (χ4v) is 2.15. The Bertz CT molecular complexity index is 774. The highest BCUT2D eigenvalue weighted by Gasteiger charge is 2.10. The van der Waals surface area contributed by atoms with Crippen LogP contribution in [0.5, 0.6) is 0 Å². The molecule has 2 N–H and O–H groups in total. The van der Waals surface area contributed by atoms with Gasteiger partial charge in [0.1, 0.15) is 12.4 Å². The number of H-pyrrole nitrogens is 1. The van der Waals surface area contributed by atoms with Crippen LogP contribution in [0.4, 0.5) is 4.39 Å². The molecule has 3 rings (SSSR count). The molecule has 0 unspecified atom stereocenters. The molecule has 0 saturated heterocycles. The predicted molar refractivity (Wildman–Crippen MR) is 73.5 cm³/mol. The van der Waals surface area contributed by atoms with E-state index in [9.17, 15) is 9.18 Å². The molecule has 0 radical (unpaired) electrons. The van der Waals surface area contributed by atoms with E-state index in [1.807, 2.05) is 6.20 Å². The van der Waals surface area contributed by atoms with E-state index in [-0.39, 0.29) is 18.3 Å². The van der Waals surface area contributed by atoms with Gasteiger partial charge in [0.15, 0.2) is 0 Å². The molecule has 0 fully saturated rings. The first-order valence-corrected chi connectivity index (χ1v) is 6.17. The Labute approximate surface area is 114 Å². The molecule has 0 aliphatic heterocycles. The zero-order valence-corrected chi connectivity index (χ0v) is 10.9. The maximum Gasteiger partial charge on any atom is 0.241 e. The molecule has 0 saturated carbocycles. The topological polar surface area (TPSA) is 62.7 Å². The van der Waals surface area contributed by atoms with Crippen LogP contribution in [-0.2, 0) is 11.3 Å². The molecule has 102 valence electrons. The smallest absolute Gasteiger partial charge is 0.241 e. The number of hydrogen-bond acceptors (Lipinski definition) is 2. The van der Waals surface area contributed by atoms with Gasteiger partial charge in [-0.2, -0.15) is 5.10 Å². The molecule has 0 aliphatic rings. The molecule has 5 nitrogen and oxygen atoms in total. The Kier molecular flexibility index (Phi) is 2.98. The van der Waals surface area contributed by atoms with E-state index in [4.69, 9.17) is 0 Å². The summed E-state index contributed by atoms with van der Waals surface area (Å²) in [4.78, 5) is 14.3. The molecule has 3 aromatic rings. The third-order valence-corrected chi connectivity index (χ3v) is 3.17. The van der Waals surface area contributed by atoms with Crippen molar-refractivity contribution in [1.29, 1.82) is 0 Å². The average molecular weight is 272 g/mol. The maximum atomic E-state index is 13.2. The fourth-order valence-electron chi connectivity index (χ4n) is 2.15. The highest BCUT2D eigenvalue weighted by molar-refractivity contribution is 5.95. The lowest BCUT2D eigenvalue weighted by atomic mass is 10.1. The van der Waals surface area contributed by atoms with Crippen molar-refractivity contribution in [2.75, 3.05) is 7.05 Å². The van der Waals surface area contributed by atoms with Crippen LogP contribution in [0.25, 0.3) is 22.0 Å². The summed E-state index contributed by atoms with van der Waals surface area (Å²) in [6.07, 6.45) is 5.29. The Morgan fingerprint density at radius 2 is 2.35 bits per heavy atom. The predicted octanol–water partition coefficient (Wildman–Crippen LogP) is 1.92. The van der Waals surface area contributed by atoms with Gasteiger partial charge in [0.25, 0.3) is 0 Å². The van der Waals surface area contributed by atoms with Gasteiger partial charge in [-0.15, -0.1) is 0 Å². The number of carbonyl (C=O) groups excluding carboxylic acids is 1. The second-order valence-electron chi connectivity index (χ2n) is 4.49. The number of hydrogen-bond donors (Lipinski definition) is 2. The number of amides is 1. The number of nitrogens with one attached hydrogen (secondary N) is 2. The average Bonchev–Trinajstić information content (AvgIpc) is 3.04. The van der Waals surface area contributed by atoms with Gasteiger partial charge in [-0.3, -0.25) is 9.48 Å². The van der Waals surface area contributed by atoms with Crippen molar-refractivity contribution < 1.29 is 9.18 Å². The fraction of sp³-hybridized carbons (Fsp3) is 0.143. The van der Waals surface area contributed by atoms with Gasteiger partial charge in [0, 0.05) is 41.5 Å². The molecule has 0 spiro atoms. The SMILES string of the molecule is CNC(=O)Cn1cc(-c2c[nH]c3cc(F)ccc23)cn1. The summed E-state index contributed by atoms with van der Waals surface area (Å²) in [6, 6.07) is 4.61. The summed E-state index contributed by atoms with van der Waals surface area (Å²) in [7, 11) is 1.58. The van der Waals surface area contributed by atoms with Crippen LogP contribution in [0, 0.1) is 5.82 Å². The number of likely N-dealkylation sites (N-methyl/N-ethyl adjacent to an activating group) is 1. The minimum atomic E-state index is -0.277. The second-order valence-corrected chi connectivity index (χ2v) is 4.49. The number of rotatable bonds is 3. The molecule has 0 bridgehead atoms. The normalized spacial score (nSPS) is 10.9. The van der Waals surface area contributed by atoms with Crippen LogP contribution in [0.2, 0.25) is 0 Å². The number of carbonyl (C=O) groups is 1. The second kappa shape index (κ2) is 4.80. The highest BCUT2D eigenvalue weighted by atomic mass is 19.1. The van der Waals surface area contributed by atoms with Crippen LogP contribution < -0.4 is 5.32 Å². The van der Waals surface area contributed by atoms with Crippen molar-refractivity contribution in [3.05, 3.63) is 42.6 Å². The first-order chi connectivity index (χ1) is 9.67. The Morgan fingerprint density at radius 3 is 3.15 bits per heavy atom. The van der Waals surface area contributed by atoms with Crippen molar-refractivity contribution in [3.8, 4) is 11.1 Å². The third-order valence-electron chi connectivity index (χ3n) is 3.17. The Morgan fingerprint density at radius 1 is 1.50 bits per heavy atom. The monoisotopic (exact) mass is 272 g/mol. The van der Waals surface area contributed by atoms with Gasteiger partial charge in [-0.1, -0.05) is 0 Å². The molecule has 1 amide bonds. The van der Waals surface area contributed by atoms with Crippen molar-refractivity contribution in [1.82, 2.24) is 20.1 Å². The molecule has 2 heterocycles. The largest absolute Gasteiger partial charge is 0.360 e. The summed E-state index contributed by atoms with van der Waals surface area (Å²) in [5.74, 6) is -0.387. The minimum absolute atomic E-state index is 0.111.